The lowest BCUT2D eigenvalue weighted by Gasteiger charge is -1.99. The van der Waals surface area contributed by atoms with E-state index in [1.54, 1.807) is 16.7 Å². The number of hydrogen-bond donors (Lipinski definition) is 1. The van der Waals surface area contributed by atoms with E-state index in [2.05, 4.69) is 4.98 Å². The van der Waals surface area contributed by atoms with Crippen molar-refractivity contribution in [3.8, 4) is 0 Å². The zero-order valence-corrected chi connectivity index (χ0v) is 9.69. The molecular weight excluding hydrogens is 228 g/mol. The minimum atomic E-state index is -0.998. The molecule has 0 fully saturated rings. The van der Waals surface area contributed by atoms with E-state index in [1.165, 1.54) is 6.07 Å². The van der Waals surface area contributed by atoms with Crippen molar-refractivity contribution >= 4 is 23.2 Å². The summed E-state index contributed by atoms with van der Waals surface area (Å²) in [5, 5.41) is 9.50. The van der Waals surface area contributed by atoms with Gasteiger partial charge in [0.2, 0.25) is 0 Å². The highest BCUT2D eigenvalue weighted by atomic mass is 35.5. The number of hydrogen-bond acceptors (Lipinski definition) is 2. The van der Waals surface area contributed by atoms with Gasteiger partial charge in [0.15, 0.2) is 5.65 Å². The number of aromatic nitrogens is 2. The second kappa shape index (κ2) is 3.79. The van der Waals surface area contributed by atoms with Gasteiger partial charge < -0.3 is 5.11 Å². The van der Waals surface area contributed by atoms with Gasteiger partial charge >= 0.3 is 5.97 Å². The predicted molar refractivity (Wildman–Crippen MR) is 61.3 cm³/mol. The van der Waals surface area contributed by atoms with Gasteiger partial charge in [-0.3, -0.25) is 4.40 Å². The summed E-state index contributed by atoms with van der Waals surface area (Å²) in [6.45, 7) is 3.93. The van der Waals surface area contributed by atoms with Gasteiger partial charge in [0.25, 0.3) is 0 Å². The average molecular weight is 239 g/mol. The molecule has 0 aromatic carbocycles. The summed E-state index contributed by atoms with van der Waals surface area (Å²) in [5.41, 5.74) is 1.27. The minimum absolute atomic E-state index is 0.161. The van der Waals surface area contributed by atoms with Crippen molar-refractivity contribution in [2.75, 3.05) is 0 Å². The first-order chi connectivity index (χ1) is 7.52. The Morgan fingerprint density at radius 1 is 1.56 bits per heavy atom. The van der Waals surface area contributed by atoms with Crippen LogP contribution in [-0.4, -0.2) is 20.5 Å². The first-order valence-corrected chi connectivity index (χ1v) is 5.30. The summed E-state index contributed by atoms with van der Waals surface area (Å²) in [7, 11) is 0. The van der Waals surface area contributed by atoms with Crippen LogP contribution in [0.5, 0.6) is 0 Å². The molecule has 4 nitrogen and oxygen atoms in total. The quantitative estimate of drug-likeness (QED) is 0.875. The summed E-state index contributed by atoms with van der Waals surface area (Å²) >= 11 is 6.14. The summed E-state index contributed by atoms with van der Waals surface area (Å²) in [6, 6.07) is 3.17. The largest absolute Gasteiger partial charge is 0.478 e. The van der Waals surface area contributed by atoms with Crippen LogP contribution in [0.15, 0.2) is 18.3 Å². The predicted octanol–water partition coefficient (Wildman–Crippen LogP) is 2.81. The molecule has 2 heterocycles. The smallest absolute Gasteiger partial charge is 0.339 e. The second-order valence-electron chi connectivity index (χ2n) is 3.86. The number of fused-ring (bicyclic) bond motifs is 1. The molecular formula is C11H11ClN2O2. The molecule has 0 aliphatic carbocycles. The molecule has 0 aliphatic heterocycles. The maximum absolute atomic E-state index is 11.0. The molecule has 0 saturated carbocycles. The van der Waals surface area contributed by atoms with Crippen LogP contribution in [0.2, 0.25) is 5.15 Å². The molecule has 1 N–H and O–H groups in total. The van der Waals surface area contributed by atoms with Gasteiger partial charge in [-0.1, -0.05) is 25.4 Å². The molecule has 0 unspecified atom stereocenters. The van der Waals surface area contributed by atoms with E-state index in [-0.39, 0.29) is 11.5 Å². The average Bonchev–Trinajstić information content (AvgIpc) is 2.56. The molecule has 0 amide bonds. The normalized spacial score (nSPS) is 11.2. The van der Waals surface area contributed by atoms with E-state index in [1.807, 2.05) is 13.8 Å². The number of pyridine rings is 1. The highest BCUT2D eigenvalue weighted by molar-refractivity contribution is 6.30. The van der Waals surface area contributed by atoms with E-state index in [4.69, 9.17) is 16.7 Å². The number of carboxylic acid groups (broad SMARTS) is 1. The van der Waals surface area contributed by atoms with Crippen LogP contribution in [0.3, 0.4) is 0 Å². The third-order valence-electron chi connectivity index (χ3n) is 2.39. The molecule has 16 heavy (non-hydrogen) atoms. The molecule has 2 aromatic rings. The Morgan fingerprint density at radius 2 is 2.25 bits per heavy atom. The number of nitrogens with zero attached hydrogens (tertiary/aromatic N) is 2. The number of halogens is 1. The fourth-order valence-corrected chi connectivity index (χ4v) is 1.99. The number of imidazole rings is 1. The van der Waals surface area contributed by atoms with E-state index < -0.39 is 5.97 Å². The van der Waals surface area contributed by atoms with Crippen LogP contribution in [0.1, 0.15) is 35.8 Å². The number of rotatable bonds is 2. The van der Waals surface area contributed by atoms with Crippen molar-refractivity contribution < 1.29 is 9.90 Å². The van der Waals surface area contributed by atoms with Crippen LogP contribution in [0, 0.1) is 0 Å². The van der Waals surface area contributed by atoms with Gasteiger partial charge in [0, 0.05) is 6.20 Å². The van der Waals surface area contributed by atoms with Crippen molar-refractivity contribution in [1.82, 2.24) is 9.38 Å². The summed E-state index contributed by atoms with van der Waals surface area (Å²) in [5.74, 6) is -0.836. The lowest BCUT2D eigenvalue weighted by Crippen LogP contribution is -2.00. The molecule has 5 heteroatoms. The second-order valence-corrected chi connectivity index (χ2v) is 4.22. The maximum Gasteiger partial charge on any atom is 0.339 e. The molecule has 0 radical (unpaired) electrons. The molecule has 0 spiro atoms. The molecule has 84 valence electrons. The molecule has 0 aliphatic rings. The number of carbonyl (C=O) groups is 1. The zero-order chi connectivity index (χ0) is 11.9. The highest BCUT2D eigenvalue weighted by Crippen LogP contribution is 2.26. The van der Waals surface area contributed by atoms with Crippen LogP contribution in [0.25, 0.3) is 5.65 Å². The Hall–Kier alpha value is -1.55. The first-order valence-electron chi connectivity index (χ1n) is 4.92. The summed E-state index contributed by atoms with van der Waals surface area (Å²) in [4.78, 5) is 15.3. The van der Waals surface area contributed by atoms with Gasteiger partial charge in [-0.2, -0.15) is 0 Å². The molecule has 2 aromatic heterocycles. The van der Waals surface area contributed by atoms with Crippen LogP contribution < -0.4 is 0 Å². The summed E-state index contributed by atoms with van der Waals surface area (Å²) in [6.07, 6.45) is 1.71. The van der Waals surface area contributed by atoms with Crippen molar-refractivity contribution in [3.63, 3.8) is 0 Å². The zero-order valence-electron chi connectivity index (χ0n) is 8.94. The molecule has 0 atom stereocenters. The first kappa shape index (κ1) is 11.0. The van der Waals surface area contributed by atoms with Gasteiger partial charge in [-0.25, -0.2) is 9.78 Å². The summed E-state index contributed by atoms with van der Waals surface area (Å²) < 4.78 is 1.60. The fraction of sp³-hybridized carbons (Fsp3) is 0.273. The fourth-order valence-electron chi connectivity index (χ4n) is 1.59. The van der Waals surface area contributed by atoms with Crippen molar-refractivity contribution in [3.05, 3.63) is 34.7 Å². The lowest BCUT2D eigenvalue weighted by atomic mass is 10.2. The van der Waals surface area contributed by atoms with E-state index >= 15 is 0 Å². The Bertz CT molecular complexity index is 560. The van der Waals surface area contributed by atoms with Crippen LogP contribution >= 0.6 is 11.6 Å². The lowest BCUT2D eigenvalue weighted by molar-refractivity contribution is 0.0698. The van der Waals surface area contributed by atoms with Gasteiger partial charge in [-0.05, 0) is 18.1 Å². The maximum atomic E-state index is 11.0. The topological polar surface area (TPSA) is 54.6 Å². The van der Waals surface area contributed by atoms with Crippen LogP contribution in [0.4, 0.5) is 0 Å². The molecule has 2 rings (SSSR count). The Morgan fingerprint density at radius 3 is 2.81 bits per heavy atom. The van der Waals surface area contributed by atoms with Crippen molar-refractivity contribution in [2.24, 2.45) is 0 Å². The SMILES string of the molecule is CC(C)c1nc2c(C(=O)O)cccn2c1Cl. The van der Waals surface area contributed by atoms with E-state index in [0.29, 0.717) is 10.8 Å². The van der Waals surface area contributed by atoms with E-state index in [0.717, 1.165) is 5.69 Å². The highest BCUT2D eigenvalue weighted by Gasteiger charge is 2.17. The monoisotopic (exact) mass is 238 g/mol. The van der Waals surface area contributed by atoms with Crippen molar-refractivity contribution in [2.45, 2.75) is 19.8 Å². The standard InChI is InChI=1S/C11H11ClN2O2/c1-6(2)8-9(12)14-5-3-4-7(11(15)16)10(14)13-8/h3-6H,1-2H3,(H,15,16). The Labute approximate surface area is 97.5 Å². The third-order valence-corrected chi connectivity index (χ3v) is 2.77. The Kier molecular flexibility index (Phi) is 2.59. The van der Waals surface area contributed by atoms with Crippen molar-refractivity contribution in [1.29, 1.82) is 0 Å². The van der Waals surface area contributed by atoms with E-state index in [9.17, 15) is 4.79 Å². The third kappa shape index (κ3) is 1.55. The number of carboxylic acids is 1. The van der Waals surface area contributed by atoms with Gasteiger partial charge in [-0.15, -0.1) is 0 Å². The number of aromatic carboxylic acids is 1. The van der Waals surface area contributed by atoms with Gasteiger partial charge in [0.05, 0.1) is 5.69 Å². The van der Waals surface area contributed by atoms with Crippen LogP contribution in [-0.2, 0) is 0 Å². The minimum Gasteiger partial charge on any atom is -0.478 e. The Balaban J connectivity index is 2.80. The molecule has 0 bridgehead atoms. The molecule has 0 saturated heterocycles. The van der Waals surface area contributed by atoms with Gasteiger partial charge in [0.1, 0.15) is 10.7 Å².